The topological polar surface area (TPSA) is 125 Å². The average molecular weight is 429 g/mol. The van der Waals surface area contributed by atoms with E-state index in [9.17, 15) is 24.3 Å². The number of nitrogens with zero attached hydrogens (tertiary/aromatic N) is 1. The number of hydrogen-bond donors (Lipinski definition) is 4. The molecule has 0 fully saturated rings. The molecule has 0 bridgehead atoms. The minimum absolute atomic E-state index is 0.0199. The molecule has 2 rings (SSSR count). The molecule has 5 N–H and O–H groups in total. The summed E-state index contributed by atoms with van der Waals surface area (Å²) >= 11 is 1.76. The summed E-state index contributed by atoms with van der Waals surface area (Å²) in [7, 11) is 1.46. The highest BCUT2D eigenvalue weighted by molar-refractivity contribution is 8.00. The van der Waals surface area contributed by atoms with Crippen molar-refractivity contribution < 1.29 is 29.0 Å². The van der Waals surface area contributed by atoms with Crippen molar-refractivity contribution in [3.63, 3.8) is 0 Å². The quantitative estimate of drug-likeness (QED) is 0.376. The number of primary amides is 1. The number of benzene rings is 1. The lowest BCUT2D eigenvalue weighted by Gasteiger charge is -2.16. The number of rotatable bonds is 8. The van der Waals surface area contributed by atoms with Crippen LogP contribution in [-0.4, -0.2) is 34.8 Å². The van der Waals surface area contributed by atoms with Crippen molar-refractivity contribution in [1.29, 1.82) is 0 Å². The first-order chi connectivity index (χ1) is 13.0. The van der Waals surface area contributed by atoms with Gasteiger partial charge >= 0.3 is 0 Å². The number of nitrogens with two attached hydrogens (primary N) is 1. The van der Waals surface area contributed by atoms with E-state index in [1.165, 1.54) is 45.2 Å². The molecule has 1 aromatic heterocycles. The van der Waals surface area contributed by atoms with Gasteiger partial charge in [-0.1, -0.05) is 11.3 Å². The SMILES string of the molecule is COCc1cc(F)ccc1SN(O)c1cc(C(N)=O)c(NC(=O)C(C)(C)O)s1. The number of carbonyl (C=O) groups excluding carboxylic acids is 2. The standard InChI is InChI=1S/C17H20FN3O5S2/c1-17(2,24)16(23)20-15-11(14(19)22)7-13(27-15)21(25)28-12-5-4-10(18)6-9(12)8-26-3/h4-7,24-25H,8H2,1-3H3,(H2,19,22)(H,20,23). The number of ether oxygens (including phenoxy) is 1. The van der Waals surface area contributed by atoms with Crippen molar-refractivity contribution in [2.45, 2.75) is 31.0 Å². The maximum absolute atomic E-state index is 13.4. The van der Waals surface area contributed by atoms with E-state index in [1.807, 2.05) is 0 Å². The number of hydrogen-bond acceptors (Lipinski definition) is 8. The molecule has 0 unspecified atom stereocenters. The van der Waals surface area contributed by atoms with Gasteiger partial charge in [0.05, 0.1) is 12.2 Å². The first-order valence-corrected chi connectivity index (χ1v) is 9.53. The van der Waals surface area contributed by atoms with Crippen molar-refractivity contribution >= 4 is 45.1 Å². The zero-order valence-electron chi connectivity index (χ0n) is 15.4. The van der Waals surface area contributed by atoms with Gasteiger partial charge in [-0.15, -0.1) is 0 Å². The molecule has 0 radical (unpaired) electrons. The zero-order valence-corrected chi connectivity index (χ0v) is 17.0. The number of methoxy groups -OCH3 is 1. The van der Waals surface area contributed by atoms with Crippen LogP contribution >= 0.6 is 23.3 Å². The van der Waals surface area contributed by atoms with Crippen LogP contribution in [0.2, 0.25) is 0 Å². The second kappa shape index (κ2) is 8.88. The zero-order chi connectivity index (χ0) is 21.1. The molecule has 0 saturated heterocycles. The Hall–Kier alpha value is -2.18. The smallest absolute Gasteiger partial charge is 0.256 e. The minimum atomic E-state index is -1.67. The normalized spacial score (nSPS) is 11.4. The van der Waals surface area contributed by atoms with Crippen LogP contribution in [-0.2, 0) is 16.1 Å². The molecule has 0 spiro atoms. The van der Waals surface area contributed by atoms with Crippen LogP contribution in [0.4, 0.5) is 14.4 Å². The van der Waals surface area contributed by atoms with Gasteiger partial charge in [-0.3, -0.25) is 14.8 Å². The summed E-state index contributed by atoms with van der Waals surface area (Å²) in [4.78, 5) is 24.2. The number of anilines is 2. The highest BCUT2D eigenvalue weighted by Crippen LogP contribution is 2.39. The Bertz CT molecular complexity index is 882. The van der Waals surface area contributed by atoms with E-state index in [0.717, 1.165) is 27.8 Å². The lowest BCUT2D eigenvalue weighted by molar-refractivity contribution is -0.130. The lowest BCUT2D eigenvalue weighted by atomic mass is 10.1. The Labute approximate surface area is 169 Å². The van der Waals surface area contributed by atoms with Gasteiger partial charge in [0.25, 0.3) is 11.8 Å². The first-order valence-electron chi connectivity index (χ1n) is 7.94. The highest BCUT2D eigenvalue weighted by Gasteiger charge is 2.27. The van der Waals surface area contributed by atoms with Crippen LogP contribution in [0.1, 0.15) is 29.8 Å². The molecule has 0 aliphatic rings. The summed E-state index contributed by atoms with van der Waals surface area (Å²) < 4.78 is 19.2. The fraction of sp³-hybridized carbons (Fsp3) is 0.294. The first kappa shape index (κ1) is 22.1. The van der Waals surface area contributed by atoms with Crippen LogP contribution in [0.3, 0.4) is 0 Å². The summed E-state index contributed by atoms with van der Waals surface area (Å²) in [5.74, 6) is -1.99. The molecule has 0 aliphatic heterocycles. The Morgan fingerprint density at radius 2 is 2.07 bits per heavy atom. The van der Waals surface area contributed by atoms with E-state index in [0.29, 0.717) is 10.5 Å². The summed E-state index contributed by atoms with van der Waals surface area (Å²) in [5.41, 5.74) is 4.17. The van der Waals surface area contributed by atoms with Crippen molar-refractivity contribution in [2.24, 2.45) is 5.73 Å². The molecule has 0 atom stereocenters. The van der Waals surface area contributed by atoms with E-state index in [-0.39, 0.29) is 22.2 Å². The largest absolute Gasteiger partial charge is 0.381 e. The Morgan fingerprint density at radius 3 is 2.64 bits per heavy atom. The Balaban J connectivity index is 2.29. The minimum Gasteiger partial charge on any atom is -0.381 e. The van der Waals surface area contributed by atoms with E-state index < -0.39 is 23.2 Å². The number of halogens is 1. The fourth-order valence-corrected chi connectivity index (χ4v) is 3.84. The molecule has 152 valence electrons. The number of thiophene rings is 1. The molecule has 2 amide bonds. The van der Waals surface area contributed by atoms with Gasteiger partial charge in [-0.2, -0.15) is 4.47 Å². The molecule has 28 heavy (non-hydrogen) atoms. The number of nitrogens with one attached hydrogen (secondary N) is 1. The van der Waals surface area contributed by atoms with Crippen LogP contribution in [0.25, 0.3) is 0 Å². The van der Waals surface area contributed by atoms with Crippen LogP contribution in [0.15, 0.2) is 29.2 Å². The number of amides is 2. The summed E-state index contributed by atoms with van der Waals surface area (Å²) in [6.45, 7) is 2.72. The Kier molecular flexibility index (Phi) is 7.01. The molecule has 1 aromatic carbocycles. The second-order valence-electron chi connectivity index (χ2n) is 6.25. The van der Waals surface area contributed by atoms with Gasteiger partial charge in [-0.05, 0) is 43.7 Å². The summed E-state index contributed by atoms with van der Waals surface area (Å²) in [5, 5.41) is 22.9. The molecule has 11 heteroatoms. The third kappa shape index (κ3) is 5.42. The summed E-state index contributed by atoms with van der Waals surface area (Å²) in [6.07, 6.45) is 0. The number of carbonyl (C=O) groups is 2. The van der Waals surface area contributed by atoms with Crippen LogP contribution in [0.5, 0.6) is 0 Å². The third-order valence-corrected chi connectivity index (χ3v) is 5.57. The van der Waals surface area contributed by atoms with E-state index >= 15 is 0 Å². The van der Waals surface area contributed by atoms with Gasteiger partial charge < -0.3 is 20.9 Å². The van der Waals surface area contributed by atoms with E-state index in [2.05, 4.69) is 5.32 Å². The lowest BCUT2D eigenvalue weighted by Crippen LogP contribution is -2.36. The van der Waals surface area contributed by atoms with Gasteiger partial charge in [0.15, 0.2) is 0 Å². The highest BCUT2D eigenvalue weighted by atomic mass is 32.2. The summed E-state index contributed by atoms with van der Waals surface area (Å²) in [6, 6.07) is 5.32. The average Bonchev–Trinajstić information content (AvgIpc) is 3.01. The van der Waals surface area contributed by atoms with Crippen molar-refractivity contribution in [2.75, 3.05) is 16.9 Å². The molecule has 0 saturated carbocycles. The van der Waals surface area contributed by atoms with Crippen molar-refractivity contribution in [3.8, 4) is 0 Å². The molecule has 0 aliphatic carbocycles. The van der Waals surface area contributed by atoms with Crippen molar-refractivity contribution in [3.05, 3.63) is 41.2 Å². The molecule has 2 aromatic rings. The van der Waals surface area contributed by atoms with E-state index in [4.69, 9.17) is 10.5 Å². The predicted molar refractivity (Wildman–Crippen MR) is 105 cm³/mol. The van der Waals surface area contributed by atoms with Crippen molar-refractivity contribution in [1.82, 2.24) is 0 Å². The molecule has 1 heterocycles. The van der Waals surface area contributed by atoms with Crippen LogP contribution in [0, 0.1) is 5.82 Å². The monoisotopic (exact) mass is 429 g/mol. The molecular formula is C17H20FN3O5S2. The maximum atomic E-state index is 13.4. The van der Waals surface area contributed by atoms with Gasteiger partial charge in [0.2, 0.25) is 0 Å². The fourth-order valence-electron chi connectivity index (χ4n) is 2.05. The maximum Gasteiger partial charge on any atom is 0.256 e. The molecule has 8 nitrogen and oxygen atoms in total. The number of aliphatic hydroxyl groups is 1. The van der Waals surface area contributed by atoms with Crippen LogP contribution < -0.4 is 15.5 Å². The second-order valence-corrected chi connectivity index (χ2v) is 8.25. The Morgan fingerprint density at radius 1 is 1.39 bits per heavy atom. The predicted octanol–water partition coefficient (Wildman–Crippen LogP) is 2.74. The van der Waals surface area contributed by atoms with Gasteiger partial charge in [0, 0.05) is 24.0 Å². The molecular weight excluding hydrogens is 409 g/mol. The van der Waals surface area contributed by atoms with E-state index in [1.54, 1.807) is 0 Å². The van der Waals surface area contributed by atoms with Gasteiger partial charge in [0.1, 0.15) is 21.4 Å². The van der Waals surface area contributed by atoms with Gasteiger partial charge in [-0.25, -0.2) is 4.39 Å². The third-order valence-electron chi connectivity index (χ3n) is 3.46.